The molecule has 114 valence electrons. The third kappa shape index (κ3) is 3.29. The van der Waals surface area contributed by atoms with Crippen molar-refractivity contribution >= 4 is 5.82 Å². The Morgan fingerprint density at radius 1 is 1.14 bits per heavy atom. The van der Waals surface area contributed by atoms with Gasteiger partial charge in [0.05, 0.1) is 0 Å². The van der Waals surface area contributed by atoms with E-state index in [2.05, 4.69) is 61.5 Å². The number of aryl methyl sites for hydroxylation is 1. The minimum atomic E-state index is 0.167. The second-order valence-electron chi connectivity index (χ2n) is 6.73. The fourth-order valence-corrected chi connectivity index (χ4v) is 2.52. The van der Waals surface area contributed by atoms with E-state index in [1.165, 1.54) is 5.56 Å². The first-order valence-electron chi connectivity index (χ1n) is 7.78. The van der Waals surface area contributed by atoms with Crippen LogP contribution < -0.4 is 5.73 Å². The molecule has 3 heteroatoms. The maximum atomic E-state index is 6.30. The van der Waals surface area contributed by atoms with E-state index in [1.54, 1.807) is 0 Å². The minimum absolute atomic E-state index is 0.167. The lowest BCUT2D eigenvalue weighted by Gasteiger charge is -2.19. The molecule has 3 nitrogen and oxygen atoms in total. The Labute approximate surface area is 128 Å². The van der Waals surface area contributed by atoms with Crippen LogP contribution in [-0.4, -0.2) is 9.55 Å². The molecule has 21 heavy (non-hydrogen) atoms. The summed E-state index contributed by atoms with van der Waals surface area (Å²) in [5.41, 5.74) is 9.80. The Bertz CT molecular complexity index is 601. The molecule has 1 aromatic heterocycles. The van der Waals surface area contributed by atoms with Crippen LogP contribution in [0, 0.1) is 6.92 Å². The summed E-state index contributed by atoms with van der Waals surface area (Å²) in [5, 5.41) is 0. The summed E-state index contributed by atoms with van der Waals surface area (Å²) in [6.07, 6.45) is 2.29. The number of unbranched alkanes of at least 4 members (excludes halogenated alkanes) is 1. The van der Waals surface area contributed by atoms with Gasteiger partial charge in [-0.05, 0) is 24.3 Å². The molecule has 0 amide bonds. The molecule has 0 aliphatic carbocycles. The Morgan fingerprint density at radius 3 is 2.29 bits per heavy atom. The van der Waals surface area contributed by atoms with Crippen LogP contribution in [0.1, 0.15) is 51.9 Å². The third-order valence-electron chi connectivity index (χ3n) is 3.96. The Morgan fingerprint density at radius 2 is 1.76 bits per heavy atom. The predicted octanol–water partition coefficient (Wildman–Crippen LogP) is 4.54. The fourth-order valence-electron chi connectivity index (χ4n) is 2.52. The molecule has 2 N–H and O–H groups in total. The highest BCUT2D eigenvalue weighted by Gasteiger charge is 2.16. The first-order chi connectivity index (χ1) is 9.84. The first kappa shape index (κ1) is 15.6. The number of nitrogens with zero attached hydrogens (tertiary/aromatic N) is 2. The lowest BCUT2D eigenvalue weighted by atomic mass is 9.86. The van der Waals surface area contributed by atoms with Gasteiger partial charge in [0.15, 0.2) is 0 Å². The van der Waals surface area contributed by atoms with Crippen LogP contribution in [0.5, 0.6) is 0 Å². The molecule has 0 aliphatic heterocycles. The summed E-state index contributed by atoms with van der Waals surface area (Å²) in [4.78, 5) is 4.66. The molecule has 0 aliphatic rings. The molecule has 0 spiro atoms. The van der Waals surface area contributed by atoms with Crippen molar-refractivity contribution in [2.45, 2.75) is 59.4 Å². The van der Waals surface area contributed by atoms with Gasteiger partial charge in [-0.3, -0.25) is 0 Å². The SMILES string of the molecule is CCCCn1c(C)nc(-c2ccc(C(C)(C)C)cc2)c1N. The molecule has 1 aromatic carbocycles. The van der Waals surface area contributed by atoms with Crippen molar-refractivity contribution in [1.82, 2.24) is 9.55 Å². The second kappa shape index (κ2) is 5.92. The number of nitrogens with two attached hydrogens (primary N) is 1. The van der Waals surface area contributed by atoms with E-state index in [0.29, 0.717) is 0 Å². The van der Waals surface area contributed by atoms with Crippen LogP contribution in [0.2, 0.25) is 0 Å². The lowest BCUT2D eigenvalue weighted by Crippen LogP contribution is -2.10. The Balaban J connectivity index is 2.34. The molecule has 0 unspecified atom stereocenters. The van der Waals surface area contributed by atoms with Crippen molar-refractivity contribution in [2.24, 2.45) is 0 Å². The zero-order valence-corrected chi connectivity index (χ0v) is 13.9. The minimum Gasteiger partial charge on any atom is -0.383 e. The van der Waals surface area contributed by atoms with Crippen LogP contribution in [0.25, 0.3) is 11.3 Å². The van der Waals surface area contributed by atoms with Crippen molar-refractivity contribution in [2.75, 3.05) is 5.73 Å². The van der Waals surface area contributed by atoms with Gasteiger partial charge >= 0.3 is 0 Å². The van der Waals surface area contributed by atoms with E-state index in [1.807, 2.05) is 6.92 Å². The van der Waals surface area contributed by atoms with E-state index < -0.39 is 0 Å². The average Bonchev–Trinajstić information content (AvgIpc) is 2.71. The standard InChI is InChI=1S/C18H27N3/c1-6-7-12-21-13(2)20-16(17(21)19)14-8-10-15(11-9-14)18(3,4)5/h8-11H,6-7,12,19H2,1-5H3. The first-order valence-corrected chi connectivity index (χ1v) is 7.78. The van der Waals surface area contributed by atoms with E-state index in [-0.39, 0.29) is 5.41 Å². The van der Waals surface area contributed by atoms with E-state index >= 15 is 0 Å². The number of aromatic nitrogens is 2. The largest absolute Gasteiger partial charge is 0.383 e. The van der Waals surface area contributed by atoms with Gasteiger partial charge in [0.1, 0.15) is 17.3 Å². The van der Waals surface area contributed by atoms with Gasteiger partial charge in [-0.25, -0.2) is 4.98 Å². The molecule has 0 saturated heterocycles. The normalized spacial score (nSPS) is 11.9. The number of hydrogen-bond acceptors (Lipinski definition) is 2. The van der Waals surface area contributed by atoms with Crippen LogP contribution in [0.4, 0.5) is 5.82 Å². The van der Waals surface area contributed by atoms with Gasteiger partial charge in [-0.1, -0.05) is 58.4 Å². The van der Waals surface area contributed by atoms with Crippen LogP contribution in [0.3, 0.4) is 0 Å². The molecule has 1 heterocycles. The fraction of sp³-hybridized carbons (Fsp3) is 0.500. The van der Waals surface area contributed by atoms with Gasteiger partial charge in [-0.15, -0.1) is 0 Å². The highest BCUT2D eigenvalue weighted by Crippen LogP contribution is 2.29. The highest BCUT2D eigenvalue weighted by atomic mass is 15.1. The van der Waals surface area contributed by atoms with Crippen LogP contribution in [-0.2, 0) is 12.0 Å². The monoisotopic (exact) mass is 285 g/mol. The van der Waals surface area contributed by atoms with E-state index in [4.69, 9.17) is 5.73 Å². The summed E-state index contributed by atoms with van der Waals surface area (Å²) in [7, 11) is 0. The Hall–Kier alpha value is -1.77. The zero-order valence-electron chi connectivity index (χ0n) is 13.9. The quantitative estimate of drug-likeness (QED) is 0.896. The number of anilines is 1. The smallest absolute Gasteiger partial charge is 0.131 e. The third-order valence-corrected chi connectivity index (χ3v) is 3.96. The molecule has 0 atom stereocenters. The lowest BCUT2D eigenvalue weighted by molar-refractivity contribution is 0.590. The molecular formula is C18H27N3. The number of hydrogen-bond donors (Lipinski definition) is 1. The van der Waals surface area contributed by atoms with Gasteiger partial charge < -0.3 is 10.3 Å². The van der Waals surface area contributed by atoms with E-state index in [0.717, 1.165) is 42.3 Å². The van der Waals surface area contributed by atoms with Crippen molar-refractivity contribution in [3.63, 3.8) is 0 Å². The van der Waals surface area contributed by atoms with Crippen molar-refractivity contribution in [3.8, 4) is 11.3 Å². The molecule has 2 aromatic rings. The van der Waals surface area contributed by atoms with Gasteiger partial charge in [0.2, 0.25) is 0 Å². The molecule has 0 bridgehead atoms. The molecule has 0 saturated carbocycles. The van der Waals surface area contributed by atoms with Gasteiger partial charge in [0.25, 0.3) is 0 Å². The maximum Gasteiger partial charge on any atom is 0.131 e. The number of rotatable bonds is 4. The summed E-state index contributed by atoms with van der Waals surface area (Å²) in [5.74, 6) is 1.78. The summed E-state index contributed by atoms with van der Waals surface area (Å²) in [6, 6.07) is 8.61. The summed E-state index contributed by atoms with van der Waals surface area (Å²) in [6.45, 7) is 11.8. The topological polar surface area (TPSA) is 43.8 Å². The second-order valence-corrected chi connectivity index (χ2v) is 6.73. The maximum absolute atomic E-state index is 6.30. The Kier molecular flexibility index (Phi) is 4.40. The van der Waals surface area contributed by atoms with Crippen molar-refractivity contribution in [3.05, 3.63) is 35.7 Å². The van der Waals surface area contributed by atoms with Crippen molar-refractivity contribution < 1.29 is 0 Å². The highest BCUT2D eigenvalue weighted by molar-refractivity contribution is 5.71. The van der Waals surface area contributed by atoms with Crippen LogP contribution >= 0.6 is 0 Å². The molecule has 0 fully saturated rings. The number of nitrogen functional groups attached to an aromatic ring is 1. The van der Waals surface area contributed by atoms with Crippen LogP contribution in [0.15, 0.2) is 24.3 Å². The summed E-state index contributed by atoms with van der Waals surface area (Å²) < 4.78 is 2.12. The average molecular weight is 285 g/mol. The zero-order chi connectivity index (χ0) is 15.6. The van der Waals surface area contributed by atoms with Gasteiger partial charge in [-0.2, -0.15) is 0 Å². The van der Waals surface area contributed by atoms with Crippen molar-refractivity contribution in [1.29, 1.82) is 0 Å². The van der Waals surface area contributed by atoms with E-state index in [9.17, 15) is 0 Å². The predicted molar refractivity (Wildman–Crippen MR) is 90.4 cm³/mol. The van der Waals surface area contributed by atoms with Gasteiger partial charge in [0, 0.05) is 12.1 Å². The number of imidazole rings is 1. The molecule has 2 rings (SSSR count). The summed E-state index contributed by atoms with van der Waals surface area (Å²) >= 11 is 0. The molecule has 0 radical (unpaired) electrons. The number of benzene rings is 1. The molecular weight excluding hydrogens is 258 g/mol.